The van der Waals surface area contributed by atoms with Gasteiger partial charge in [-0.15, -0.1) is 11.3 Å². The van der Waals surface area contributed by atoms with Gasteiger partial charge in [0.15, 0.2) is 5.60 Å². The first-order valence-corrected chi connectivity index (χ1v) is 13.2. The summed E-state index contributed by atoms with van der Waals surface area (Å²) in [6.45, 7) is 6.46. The van der Waals surface area contributed by atoms with Crippen molar-refractivity contribution in [1.29, 1.82) is 0 Å². The summed E-state index contributed by atoms with van der Waals surface area (Å²) < 4.78 is 47.9. The minimum Gasteiger partial charge on any atom is -0.376 e. The minimum absolute atomic E-state index is 0.143. The largest absolute Gasteiger partial charge is 0.421 e. The second-order valence-electron chi connectivity index (χ2n) is 9.23. The molecule has 3 saturated heterocycles. The molecule has 0 spiro atoms. The third-order valence-electron chi connectivity index (χ3n) is 6.53. The molecule has 3 fully saturated rings. The lowest BCUT2D eigenvalue weighted by molar-refractivity contribution is -0.258. The fraction of sp³-hybridized carbons (Fsp3) is 0.583. The van der Waals surface area contributed by atoms with Crippen LogP contribution in [0, 0.1) is 0 Å². The Morgan fingerprint density at radius 2 is 1.62 bits per heavy atom. The summed E-state index contributed by atoms with van der Waals surface area (Å²) >= 11 is 3.46. The molecule has 0 amide bonds. The van der Waals surface area contributed by atoms with E-state index in [1.807, 2.05) is 6.07 Å². The van der Waals surface area contributed by atoms with Crippen LogP contribution in [0.1, 0.15) is 25.3 Å². The highest BCUT2D eigenvalue weighted by Crippen LogP contribution is 2.39. The molecule has 3 aliphatic rings. The van der Waals surface area contributed by atoms with Crippen LogP contribution in [0.15, 0.2) is 46.0 Å². The number of likely N-dealkylation sites (tertiary alicyclic amines) is 1. The Balaban J connectivity index is 0.000000252. The molecule has 3 atom stereocenters. The van der Waals surface area contributed by atoms with Gasteiger partial charge in [-0.1, -0.05) is 18.2 Å². The average molecular weight is 516 g/mol. The minimum atomic E-state index is -4.70. The third-order valence-corrected chi connectivity index (χ3v) is 8.64. The molecule has 1 N–H and O–H groups in total. The van der Waals surface area contributed by atoms with Crippen LogP contribution in [0.2, 0.25) is 0 Å². The number of halogens is 3. The number of fused-ring (bicyclic) bond motifs is 2. The lowest BCUT2D eigenvalue weighted by atomic mass is 9.95. The van der Waals surface area contributed by atoms with E-state index in [0.717, 1.165) is 51.9 Å². The summed E-state index contributed by atoms with van der Waals surface area (Å²) in [6.07, 6.45) is -0.995. The molecule has 0 saturated carbocycles. The summed E-state index contributed by atoms with van der Waals surface area (Å²) in [5.41, 5.74) is -2.10. The smallest absolute Gasteiger partial charge is 0.376 e. The molecular formula is C24H32F3N3O2S2. The van der Waals surface area contributed by atoms with E-state index in [4.69, 9.17) is 4.74 Å². The fourth-order valence-corrected chi connectivity index (χ4v) is 6.30. The van der Waals surface area contributed by atoms with Gasteiger partial charge in [0.05, 0.1) is 16.4 Å². The Kier molecular flexibility index (Phi) is 8.16. The first-order chi connectivity index (χ1) is 16.1. The normalized spacial score (nSPS) is 25.5. The number of alkyl halides is 3. The molecule has 188 valence electrons. The number of hydrogen-bond acceptors (Lipinski definition) is 7. The summed E-state index contributed by atoms with van der Waals surface area (Å²) in [6, 6.07) is 10.1. The highest BCUT2D eigenvalue weighted by atomic mass is 32.2. The number of hydrogen-bond donors (Lipinski definition) is 1. The summed E-state index contributed by atoms with van der Waals surface area (Å²) in [7, 11) is 2.17. The highest BCUT2D eigenvalue weighted by molar-refractivity contribution is 7.98. The number of thiophene rings is 1. The van der Waals surface area contributed by atoms with Crippen molar-refractivity contribution in [2.75, 3.05) is 51.2 Å². The lowest BCUT2D eigenvalue weighted by Gasteiger charge is -2.35. The molecule has 4 heterocycles. The van der Waals surface area contributed by atoms with Gasteiger partial charge in [0.1, 0.15) is 0 Å². The monoisotopic (exact) mass is 515 g/mol. The second kappa shape index (κ2) is 10.8. The average Bonchev–Trinajstić information content (AvgIpc) is 3.43. The van der Waals surface area contributed by atoms with E-state index >= 15 is 0 Å². The van der Waals surface area contributed by atoms with Crippen LogP contribution in [0.5, 0.6) is 0 Å². The molecule has 2 aromatic rings. The predicted octanol–water partition coefficient (Wildman–Crippen LogP) is 4.83. The Morgan fingerprint density at radius 3 is 2.15 bits per heavy atom. The third kappa shape index (κ3) is 6.27. The van der Waals surface area contributed by atoms with Crippen molar-refractivity contribution in [3.63, 3.8) is 0 Å². The van der Waals surface area contributed by atoms with E-state index in [2.05, 4.69) is 32.6 Å². The molecule has 2 bridgehead atoms. The van der Waals surface area contributed by atoms with Gasteiger partial charge in [-0.05, 0) is 67.9 Å². The molecule has 0 aliphatic carbocycles. The first-order valence-electron chi connectivity index (χ1n) is 11.6. The van der Waals surface area contributed by atoms with Gasteiger partial charge in [-0.3, -0.25) is 0 Å². The molecule has 1 aromatic heterocycles. The van der Waals surface area contributed by atoms with Gasteiger partial charge in [0.25, 0.3) is 0 Å². The van der Waals surface area contributed by atoms with Crippen molar-refractivity contribution in [1.82, 2.24) is 9.21 Å². The van der Waals surface area contributed by atoms with Gasteiger partial charge >= 0.3 is 6.18 Å². The number of nitrogens with zero attached hydrogens (tertiary/aromatic N) is 3. The first kappa shape index (κ1) is 25.8. The van der Waals surface area contributed by atoms with Gasteiger partial charge in [0, 0.05) is 45.0 Å². The molecular weight excluding hydrogens is 483 g/mol. The Hall–Kier alpha value is -1.30. The van der Waals surface area contributed by atoms with Crippen LogP contribution in [-0.4, -0.2) is 79.0 Å². The molecule has 10 heteroatoms. The van der Waals surface area contributed by atoms with E-state index in [9.17, 15) is 18.3 Å². The van der Waals surface area contributed by atoms with Gasteiger partial charge in [0.2, 0.25) is 0 Å². The van der Waals surface area contributed by atoms with Gasteiger partial charge in [-0.2, -0.15) is 13.2 Å². The number of morpholine rings is 1. The van der Waals surface area contributed by atoms with E-state index in [1.54, 1.807) is 35.4 Å². The van der Waals surface area contributed by atoms with Crippen LogP contribution < -0.4 is 4.90 Å². The number of benzene rings is 1. The number of likely N-dealkylation sites (N-methyl/N-ethyl adjacent to an activating group) is 1. The summed E-state index contributed by atoms with van der Waals surface area (Å²) in [5.74, 6) is 0. The van der Waals surface area contributed by atoms with Crippen LogP contribution in [-0.2, 0) is 10.3 Å². The van der Waals surface area contributed by atoms with E-state index < -0.39 is 11.8 Å². The maximum Gasteiger partial charge on any atom is 0.421 e. The van der Waals surface area contributed by atoms with Gasteiger partial charge in [-0.25, -0.2) is 4.31 Å². The molecule has 3 aliphatic heterocycles. The molecule has 5 rings (SSSR count). The topological polar surface area (TPSA) is 39.2 Å². The van der Waals surface area contributed by atoms with Crippen molar-refractivity contribution in [3.8, 4) is 0 Å². The van der Waals surface area contributed by atoms with Crippen molar-refractivity contribution < 1.29 is 23.0 Å². The summed E-state index contributed by atoms with van der Waals surface area (Å²) in [5, 5.41) is 11.8. The van der Waals surface area contributed by atoms with Crippen molar-refractivity contribution in [2.24, 2.45) is 0 Å². The number of anilines is 1. The predicted molar refractivity (Wildman–Crippen MR) is 131 cm³/mol. The quantitative estimate of drug-likeness (QED) is 0.589. The van der Waals surface area contributed by atoms with Crippen LogP contribution >= 0.6 is 23.3 Å². The number of aliphatic hydroxyl groups is 1. The van der Waals surface area contributed by atoms with Crippen LogP contribution in [0.25, 0.3) is 0 Å². The van der Waals surface area contributed by atoms with Crippen LogP contribution in [0.4, 0.5) is 18.9 Å². The van der Waals surface area contributed by atoms with Crippen molar-refractivity contribution in [3.05, 3.63) is 47.3 Å². The fourth-order valence-electron chi connectivity index (χ4n) is 4.46. The number of ether oxygens (including phenoxy) is 1. The number of piperazine rings is 1. The molecule has 5 nitrogen and oxygen atoms in total. The zero-order chi connectivity index (χ0) is 24.3. The lowest BCUT2D eigenvalue weighted by Crippen LogP contribution is -2.43. The standard InChI is InChI=1S/C17H19F3N2OS2.C7H13NO/c1-16(23,17(18,19)20)13-4-6-14(7-5-13)21-8-10-22(11-9-21)25-15-3-2-12-24-15;1-8-4-6-2-3-7(5-8)9-6/h2-7,12,23H,8-11H2,1H3;6-7H,2-5H2,1H3. The van der Waals surface area contributed by atoms with Crippen LogP contribution in [0.3, 0.4) is 0 Å². The molecule has 0 radical (unpaired) electrons. The highest BCUT2D eigenvalue weighted by Gasteiger charge is 2.51. The Bertz CT molecular complexity index is 889. The Labute approximate surface area is 207 Å². The maximum atomic E-state index is 12.9. The van der Waals surface area contributed by atoms with Crippen molar-refractivity contribution in [2.45, 2.75) is 48.0 Å². The van der Waals surface area contributed by atoms with Crippen molar-refractivity contribution >= 4 is 29.0 Å². The van der Waals surface area contributed by atoms with Gasteiger partial charge < -0.3 is 19.6 Å². The molecule has 34 heavy (non-hydrogen) atoms. The number of rotatable bonds is 4. The SMILES string of the molecule is CC(O)(c1ccc(N2CCN(Sc3cccs3)CC2)cc1)C(F)(F)F.CN1CC2CCC(C1)O2. The molecule has 3 unspecified atom stereocenters. The van der Waals surface area contributed by atoms with E-state index in [1.165, 1.54) is 29.2 Å². The summed E-state index contributed by atoms with van der Waals surface area (Å²) in [4.78, 5) is 4.52. The second-order valence-corrected chi connectivity index (χ2v) is 11.6. The van der Waals surface area contributed by atoms with E-state index in [-0.39, 0.29) is 5.56 Å². The van der Waals surface area contributed by atoms with E-state index in [0.29, 0.717) is 12.2 Å². The maximum absolute atomic E-state index is 12.9. The zero-order valence-electron chi connectivity index (χ0n) is 19.5. The Morgan fingerprint density at radius 1 is 1.00 bits per heavy atom. The molecule has 1 aromatic carbocycles. The zero-order valence-corrected chi connectivity index (χ0v) is 21.1.